The minimum atomic E-state index is -0.555. The molecule has 0 saturated carbocycles. The molecule has 0 fully saturated rings. The molecule has 0 aliphatic heterocycles. The highest BCUT2D eigenvalue weighted by molar-refractivity contribution is 7.20. The van der Waals surface area contributed by atoms with E-state index in [-0.39, 0.29) is 20.7 Å². The zero-order valence-electron chi connectivity index (χ0n) is 16.5. The fourth-order valence-corrected chi connectivity index (χ4v) is 4.64. The number of non-ortho nitro benzene ring substituents is 1. The number of aromatic nitrogens is 1. The number of nitro benzene ring substituents is 1. The number of thiophene rings is 1. The summed E-state index contributed by atoms with van der Waals surface area (Å²) in [5, 5.41) is 24.9. The van der Waals surface area contributed by atoms with Gasteiger partial charge in [0, 0.05) is 29.3 Å². The van der Waals surface area contributed by atoms with E-state index >= 15 is 0 Å². The molecule has 0 unspecified atom stereocenters. The molecule has 0 aliphatic carbocycles. The van der Waals surface area contributed by atoms with Gasteiger partial charge in [0.2, 0.25) is 0 Å². The quantitative estimate of drug-likeness (QED) is 0.278. The Kier molecular flexibility index (Phi) is 5.75. The largest absolute Gasteiger partial charge is 0.324 e. The predicted octanol–water partition coefficient (Wildman–Crippen LogP) is 5.92. The molecule has 1 amide bonds. The smallest absolute Gasteiger partial charge is 0.297 e. The molecule has 0 spiro atoms. The van der Waals surface area contributed by atoms with Crippen molar-refractivity contribution in [2.45, 2.75) is 6.92 Å². The first-order chi connectivity index (χ1) is 15.3. The molecule has 2 aromatic heterocycles. The Labute approximate surface area is 189 Å². The topological polar surface area (TPSA) is 128 Å². The van der Waals surface area contributed by atoms with Crippen molar-refractivity contribution in [3.8, 4) is 21.7 Å². The second kappa shape index (κ2) is 8.65. The zero-order chi connectivity index (χ0) is 22.8. The summed E-state index contributed by atoms with van der Waals surface area (Å²) in [7, 11) is 0. The maximum absolute atomic E-state index is 12.6. The monoisotopic (exact) mass is 466 g/mol. The minimum absolute atomic E-state index is 0.0535. The van der Waals surface area contributed by atoms with Crippen molar-refractivity contribution >= 4 is 44.4 Å². The van der Waals surface area contributed by atoms with Crippen LogP contribution in [0.4, 0.5) is 15.8 Å². The lowest BCUT2D eigenvalue weighted by molar-refractivity contribution is -0.384. The molecule has 4 rings (SSSR count). The molecule has 2 heterocycles. The van der Waals surface area contributed by atoms with Crippen molar-refractivity contribution < 1.29 is 14.6 Å². The Morgan fingerprint density at radius 3 is 2.34 bits per heavy atom. The third kappa shape index (κ3) is 4.38. The van der Waals surface area contributed by atoms with E-state index in [0.717, 1.165) is 22.5 Å². The van der Waals surface area contributed by atoms with Crippen LogP contribution in [0.1, 0.15) is 15.2 Å². The number of nitrogens with zero attached hydrogens (tertiary/aromatic N) is 3. The van der Waals surface area contributed by atoms with Gasteiger partial charge in [-0.25, -0.2) is 4.98 Å². The van der Waals surface area contributed by atoms with Crippen molar-refractivity contribution in [2.24, 2.45) is 0 Å². The van der Waals surface area contributed by atoms with Crippen LogP contribution in [0.5, 0.6) is 0 Å². The molecule has 2 aromatic carbocycles. The average Bonchev–Trinajstić information content (AvgIpc) is 3.42. The molecule has 0 radical (unpaired) electrons. The number of carbonyl (C=O) groups excluding carboxylic acids is 1. The summed E-state index contributed by atoms with van der Waals surface area (Å²) in [6, 6.07) is 16.5. The van der Waals surface area contributed by atoms with Crippen LogP contribution in [-0.2, 0) is 0 Å². The number of rotatable bonds is 6. The molecule has 0 saturated heterocycles. The van der Waals surface area contributed by atoms with Gasteiger partial charge in [-0.3, -0.25) is 30.3 Å². The number of carbonyl (C=O) groups is 1. The van der Waals surface area contributed by atoms with Gasteiger partial charge < -0.3 is 0 Å². The molecule has 11 heteroatoms. The van der Waals surface area contributed by atoms with E-state index in [2.05, 4.69) is 10.3 Å². The summed E-state index contributed by atoms with van der Waals surface area (Å²) in [6.45, 7) is 1.96. The fourth-order valence-electron chi connectivity index (χ4n) is 2.94. The van der Waals surface area contributed by atoms with Crippen LogP contribution in [0.15, 0.2) is 60.7 Å². The molecule has 4 aromatic rings. The summed E-state index contributed by atoms with van der Waals surface area (Å²) in [5.74, 6) is -0.516. The number of thiazole rings is 1. The van der Waals surface area contributed by atoms with Crippen LogP contribution in [0.2, 0.25) is 0 Å². The summed E-state index contributed by atoms with van der Waals surface area (Å²) in [5.41, 5.74) is 2.97. The first-order valence-corrected chi connectivity index (χ1v) is 10.8. The Hall–Kier alpha value is -3.96. The number of nitrogens with one attached hydrogen (secondary N) is 1. The predicted molar refractivity (Wildman–Crippen MR) is 123 cm³/mol. The first kappa shape index (κ1) is 21.3. The van der Waals surface area contributed by atoms with E-state index in [4.69, 9.17) is 0 Å². The van der Waals surface area contributed by atoms with Crippen LogP contribution < -0.4 is 5.32 Å². The second-order valence-electron chi connectivity index (χ2n) is 6.72. The highest BCUT2D eigenvalue weighted by Crippen LogP contribution is 2.40. The van der Waals surface area contributed by atoms with Crippen molar-refractivity contribution in [1.82, 2.24) is 4.98 Å². The molecule has 0 atom stereocenters. The van der Waals surface area contributed by atoms with E-state index in [1.165, 1.54) is 35.6 Å². The lowest BCUT2D eigenvalue weighted by atomic mass is 10.1. The van der Waals surface area contributed by atoms with Crippen LogP contribution in [0, 0.1) is 27.2 Å². The van der Waals surface area contributed by atoms with Gasteiger partial charge >= 0.3 is 5.00 Å². The summed E-state index contributed by atoms with van der Waals surface area (Å²) in [6.07, 6.45) is 0. The highest BCUT2D eigenvalue weighted by Gasteiger charge is 2.20. The summed E-state index contributed by atoms with van der Waals surface area (Å²) in [4.78, 5) is 39.1. The number of anilines is 1. The average molecular weight is 467 g/mol. The van der Waals surface area contributed by atoms with E-state index in [9.17, 15) is 25.0 Å². The fraction of sp³-hybridized carbons (Fsp3) is 0.0476. The van der Waals surface area contributed by atoms with Crippen LogP contribution in [-0.4, -0.2) is 20.7 Å². The SMILES string of the molecule is Cc1ccc(-c2nc(NC(=O)c3ccc([N+](=O)[O-])s3)sc2-c2cccc([N+](=O)[O-])c2)cc1. The number of hydrogen-bond acceptors (Lipinski definition) is 8. The van der Waals surface area contributed by atoms with Gasteiger partial charge in [0.1, 0.15) is 0 Å². The lowest BCUT2D eigenvalue weighted by Crippen LogP contribution is -2.09. The summed E-state index contributed by atoms with van der Waals surface area (Å²) < 4.78 is 0. The maximum Gasteiger partial charge on any atom is 0.324 e. The van der Waals surface area contributed by atoms with Crippen LogP contribution in [0.3, 0.4) is 0 Å². The van der Waals surface area contributed by atoms with E-state index in [1.54, 1.807) is 12.1 Å². The number of aryl methyl sites for hydroxylation is 1. The minimum Gasteiger partial charge on any atom is -0.297 e. The van der Waals surface area contributed by atoms with Gasteiger partial charge in [0.05, 0.1) is 25.3 Å². The molecule has 0 bridgehead atoms. The standard InChI is InChI=1S/C21H14N4O5S2/c1-12-5-7-13(8-6-12)18-19(14-3-2-4-15(11-14)24(27)28)32-21(22-18)23-20(26)16-9-10-17(31-16)25(29)30/h2-11H,1H3,(H,22,23,26). The van der Waals surface area contributed by atoms with E-state index < -0.39 is 15.8 Å². The van der Waals surface area contributed by atoms with Gasteiger partial charge in [-0.15, -0.1) is 0 Å². The van der Waals surface area contributed by atoms with Crippen molar-refractivity contribution in [2.75, 3.05) is 5.32 Å². The third-order valence-electron chi connectivity index (χ3n) is 4.49. The Bertz CT molecular complexity index is 1340. The molecular weight excluding hydrogens is 452 g/mol. The summed E-state index contributed by atoms with van der Waals surface area (Å²) >= 11 is 1.94. The first-order valence-electron chi connectivity index (χ1n) is 9.20. The molecule has 1 N–H and O–H groups in total. The van der Waals surface area contributed by atoms with Crippen molar-refractivity contribution in [1.29, 1.82) is 0 Å². The number of amides is 1. The molecule has 160 valence electrons. The van der Waals surface area contributed by atoms with Gasteiger partial charge in [0.25, 0.3) is 11.6 Å². The number of nitro groups is 2. The Morgan fingerprint density at radius 1 is 0.938 bits per heavy atom. The second-order valence-corrected chi connectivity index (χ2v) is 8.78. The highest BCUT2D eigenvalue weighted by atomic mass is 32.1. The van der Waals surface area contributed by atoms with Gasteiger partial charge in [0.15, 0.2) is 5.13 Å². The molecule has 32 heavy (non-hydrogen) atoms. The molecular formula is C21H14N4O5S2. The Balaban J connectivity index is 1.74. The maximum atomic E-state index is 12.6. The number of hydrogen-bond donors (Lipinski definition) is 1. The third-order valence-corrected chi connectivity index (χ3v) is 6.54. The van der Waals surface area contributed by atoms with Gasteiger partial charge in [-0.2, -0.15) is 0 Å². The molecule has 0 aliphatic rings. The van der Waals surface area contributed by atoms with Crippen LogP contribution in [0.25, 0.3) is 21.7 Å². The number of benzene rings is 2. The van der Waals surface area contributed by atoms with Crippen LogP contribution >= 0.6 is 22.7 Å². The Morgan fingerprint density at radius 2 is 1.69 bits per heavy atom. The zero-order valence-corrected chi connectivity index (χ0v) is 18.1. The van der Waals surface area contributed by atoms with Crippen molar-refractivity contribution in [3.63, 3.8) is 0 Å². The van der Waals surface area contributed by atoms with E-state index in [0.29, 0.717) is 16.1 Å². The van der Waals surface area contributed by atoms with Gasteiger partial charge in [-0.1, -0.05) is 64.6 Å². The molecule has 9 nitrogen and oxygen atoms in total. The lowest BCUT2D eigenvalue weighted by Gasteiger charge is -2.03. The van der Waals surface area contributed by atoms with Gasteiger partial charge in [-0.05, 0) is 13.0 Å². The van der Waals surface area contributed by atoms with Crippen molar-refractivity contribution in [3.05, 3.63) is 91.3 Å². The normalized spacial score (nSPS) is 10.7. The van der Waals surface area contributed by atoms with E-state index in [1.807, 2.05) is 31.2 Å².